The van der Waals surface area contributed by atoms with Gasteiger partial charge in [-0.1, -0.05) is 13.3 Å². The third-order valence-electron chi connectivity index (χ3n) is 2.74. The van der Waals surface area contributed by atoms with E-state index in [1.54, 1.807) is 0 Å². The lowest BCUT2D eigenvalue weighted by atomic mass is 9.97. The van der Waals surface area contributed by atoms with Gasteiger partial charge >= 0.3 is 0 Å². The maximum atomic E-state index is 11.0. The Morgan fingerprint density at radius 2 is 2.38 bits per heavy atom. The Labute approximate surface area is 80.3 Å². The Morgan fingerprint density at radius 1 is 1.62 bits per heavy atom. The van der Waals surface area contributed by atoms with Gasteiger partial charge in [0.05, 0.1) is 5.92 Å². The zero-order chi connectivity index (χ0) is 9.68. The van der Waals surface area contributed by atoms with E-state index in [-0.39, 0.29) is 11.8 Å². The molecule has 0 aliphatic carbocycles. The molecule has 0 aromatic rings. The third-order valence-corrected chi connectivity index (χ3v) is 2.74. The van der Waals surface area contributed by atoms with Crippen molar-refractivity contribution in [1.82, 2.24) is 4.90 Å². The number of nitrogens with two attached hydrogens (primary N) is 1. The number of carbonyl (C=O) groups is 1. The standard InChI is InChI=1S/C10H20N2O/c1-2-3-6-12-7-4-5-9(8-12)10(11)13/h9H,2-8H2,1H3,(H2,11,13)/t9-/m1/s1. The average Bonchev–Trinajstić information content (AvgIpc) is 2.15. The van der Waals surface area contributed by atoms with Gasteiger partial charge in [0.15, 0.2) is 0 Å². The van der Waals surface area contributed by atoms with Crippen molar-refractivity contribution >= 4 is 5.91 Å². The van der Waals surface area contributed by atoms with Crippen LogP contribution >= 0.6 is 0 Å². The minimum Gasteiger partial charge on any atom is -0.369 e. The maximum absolute atomic E-state index is 11.0. The van der Waals surface area contributed by atoms with Crippen molar-refractivity contribution < 1.29 is 4.79 Å². The second-order valence-corrected chi connectivity index (χ2v) is 3.90. The Balaban J connectivity index is 2.29. The number of carbonyl (C=O) groups excluding carboxylic acids is 1. The van der Waals surface area contributed by atoms with Crippen LogP contribution in [-0.2, 0) is 4.79 Å². The molecule has 3 heteroatoms. The normalized spacial score (nSPS) is 24.5. The van der Waals surface area contributed by atoms with E-state index in [1.165, 1.54) is 12.8 Å². The molecular weight excluding hydrogens is 164 g/mol. The molecule has 76 valence electrons. The van der Waals surface area contributed by atoms with E-state index in [9.17, 15) is 4.79 Å². The molecule has 13 heavy (non-hydrogen) atoms. The van der Waals surface area contributed by atoms with Crippen LogP contribution in [-0.4, -0.2) is 30.4 Å². The van der Waals surface area contributed by atoms with Gasteiger partial charge in [0, 0.05) is 6.54 Å². The molecule has 0 aromatic carbocycles. The SMILES string of the molecule is CCCCN1CCC[C@@H](C(N)=O)C1. The number of hydrogen-bond donors (Lipinski definition) is 1. The molecule has 1 rings (SSSR count). The Hall–Kier alpha value is -0.570. The van der Waals surface area contributed by atoms with Crippen molar-refractivity contribution in [1.29, 1.82) is 0 Å². The van der Waals surface area contributed by atoms with Crippen LogP contribution in [0.3, 0.4) is 0 Å². The van der Waals surface area contributed by atoms with Gasteiger partial charge < -0.3 is 10.6 Å². The summed E-state index contributed by atoms with van der Waals surface area (Å²) in [5.74, 6) is -0.0215. The molecule has 1 fully saturated rings. The summed E-state index contributed by atoms with van der Waals surface area (Å²) in [5.41, 5.74) is 5.29. The number of primary amides is 1. The van der Waals surface area contributed by atoms with E-state index in [0.717, 1.165) is 32.5 Å². The van der Waals surface area contributed by atoms with Gasteiger partial charge in [-0.3, -0.25) is 4.79 Å². The molecule has 3 nitrogen and oxygen atoms in total. The van der Waals surface area contributed by atoms with Gasteiger partial charge in [0.25, 0.3) is 0 Å². The first-order valence-corrected chi connectivity index (χ1v) is 5.25. The molecule has 0 radical (unpaired) electrons. The zero-order valence-corrected chi connectivity index (χ0v) is 8.46. The lowest BCUT2D eigenvalue weighted by Gasteiger charge is -2.30. The minimum absolute atomic E-state index is 0.102. The van der Waals surface area contributed by atoms with Crippen LogP contribution in [0.4, 0.5) is 0 Å². The molecule has 0 saturated carbocycles. The van der Waals surface area contributed by atoms with E-state index >= 15 is 0 Å². The molecule has 0 spiro atoms. The first-order valence-electron chi connectivity index (χ1n) is 5.25. The van der Waals surface area contributed by atoms with Crippen LogP contribution in [0.5, 0.6) is 0 Å². The summed E-state index contributed by atoms with van der Waals surface area (Å²) < 4.78 is 0. The van der Waals surface area contributed by atoms with Crippen LogP contribution in [0.2, 0.25) is 0 Å². The van der Waals surface area contributed by atoms with Gasteiger partial charge in [0.1, 0.15) is 0 Å². The summed E-state index contributed by atoms with van der Waals surface area (Å²) in [6, 6.07) is 0. The highest BCUT2D eigenvalue weighted by molar-refractivity contribution is 5.76. The number of amides is 1. The van der Waals surface area contributed by atoms with Gasteiger partial charge in [-0.25, -0.2) is 0 Å². The Kier molecular flexibility index (Phi) is 4.22. The molecule has 0 bridgehead atoms. The topological polar surface area (TPSA) is 46.3 Å². The van der Waals surface area contributed by atoms with Crippen LogP contribution in [0.25, 0.3) is 0 Å². The fourth-order valence-corrected chi connectivity index (χ4v) is 1.87. The lowest BCUT2D eigenvalue weighted by molar-refractivity contribution is -0.123. The molecule has 1 amide bonds. The highest BCUT2D eigenvalue weighted by Gasteiger charge is 2.22. The van der Waals surface area contributed by atoms with Crippen molar-refractivity contribution in [2.75, 3.05) is 19.6 Å². The van der Waals surface area contributed by atoms with Crippen LogP contribution in [0.1, 0.15) is 32.6 Å². The monoisotopic (exact) mass is 184 g/mol. The molecule has 1 heterocycles. The van der Waals surface area contributed by atoms with Crippen molar-refractivity contribution in [2.45, 2.75) is 32.6 Å². The minimum atomic E-state index is -0.124. The largest absolute Gasteiger partial charge is 0.369 e. The van der Waals surface area contributed by atoms with E-state index in [0.29, 0.717) is 0 Å². The van der Waals surface area contributed by atoms with Crippen molar-refractivity contribution in [3.8, 4) is 0 Å². The number of likely N-dealkylation sites (tertiary alicyclic amines) is 1. The van der Waals surface area contributed by atoms with Crippen LogP contribution in [0.15, 0.2) is 0 Å². The van der Waals surface area contributed by atoms with E-state index < -0.39 is 0 Å². The molecule has 1 saturated heterocycles. The zero-order valence-electron chi connectivity index (χ0n) is 8.46. The second-order valence-electron chi connectivity index (χ2n) is 3.90. The van der Waals surface area contributed by atoms with Gasteiger partial charge in [-0.15, -0.1) is 0 Å². The van der Waals surface area contributed by atoms with Gasteiger partial charge in [0.2, 0.25) is 5.91 Å². The van der Waals surface area contributed by atoms with E-state index in [1.807, 2.05) is 0 Å². The summed E-state index contributed by atoms with van der Waals surface area (Å²) in [6.07, 6.45) is 4.55. The maximum Gasteiger partial charge on any atom is 0.221 e. The summed E-state index contributed by atoms with van der Waals surface area (Å²) in [4.78, 5) is 13.3. The molecule has 0 unspecified atom stereocenters. The summed E-state index contributed by atoms with van der Waals surface area (Å²) in [6.45, 7) is 5.34. The average molecular weight is 184 g/mol. The van der Waals surface area contributed by atoms with Gasteiger partial charge in [-0.2, -0.15) is 0 Å². The first kappa shape index (κ1) is 10.5. The predicted octanol–water partition coefficient (Wildman–Crippen LogP) is 0.984. The molecular formula is C10H20N2O. The summed E-state index contributed by atoms with van der Waals surface area (Å²) in [5, 5.41) is 0. The number of piperidine rings is 1. The lowest BCUT2D eigenvalue weighted by Crippen LogP contribution is -2.41. The van der Waals surface area contributed by atoms with Crippen molar-refractivity contribution in [2.24, 2.45) is 11.7 Å². The number of nitrogens with zero attached hydrogens (tertiary/aromatic N) is 1. The van der Waals surface area contributed by atoms with Crippen LogP contribution in [0, 0.1) is 5.92 Å². The number of hydrogen-bond acceptors (Lipinski definition) is 2. The summed E-state index contributed by atoms with van der Waals surface area (Å²) >= 11 is 0. The summed E-state index contributed by atoms with van der Waals surface area (Å²) in [7, 11) is 0. The van der Waals surface area contributed by atoms with E-state index in [4.69, 9.17) is 5.73 Å². The van der Waals surface area contributed by atoms with Crippen molar-refractivity contribution in [3.05, 3.63) is 0 Å². The quantitative estimate of drug-likeness (QED) is 0.708. The third kappa shape index (κ3) is 3.35. The highest BCUT2D eigenvalue weighted by atomic mass is 16.1. The number of unbranched alkanes of at least 4 members (excludes halogenated alkanes) is 1. The molecule has 1 atom stereocenters. The first-order chi connectivity index (χ1) is 6.24. The Morgan fingerprint density at radius 3 is 3.00 bits per heavy atom. The smallest absolute Gasteiger partial charge is 0.221 e. The molecule has 0 aromatic heterocycles. The fraction of sp³-hybridized carbons (Fsp3) is 0.900. The molecule has 2 N–H and O–H groups in total. The Bertz CT molecular complexity index is 170. The number of rotatable bonds is 4. The molecule has 1 aliphatic heterocycles. The fourth-order valence-electron chi connectivity index (χ4n) is 1.87. The van der Waals surface area contributed by atoms with Crippen molar-refractivity contribution in [3.63, 3.8) is 0 Å². The highest BCUT2D eigenvalue weighted by Crippen LogP contribution is 2.16. The second kappa shape index (κ2) is 5.22. The van der Waals surface area contributed by atoms with Crippen LogP contribution < -0.4 is 5.73 Å². The predicted molar refractivity (Wildman–Crippen MR) is 53.3 cm³/mol. The molecule has 1 aliphatic rings. The van der Waals surface area contributed by atoms with Gasteiger partial charge in [-0.05, 0) is 32.4 Å². The van der Waals surface area contributed by atoms with E-state index in [2.05, 4.69) is 11.8 Å².